The lowest BCUT2D eigenvalue weighted by Crippen LogP contribution is -2.15. The van der Waals surface area contributed by atoms with Gasteiger partial charge in [0.15, 0.2) is 11.5 Å². The minimum absolute atomic E-state index is 0.584. The molecular formula is C15H12O3. The molecule has 2 aromatic carbocycles. The third kappa shape index (κ3) is 1.95. The molecule has 1 aliphatic rings. The van der Waals surface area contributed by atoms with Crippen LogP contribution in [0.2, 0.25) is 0 Å². The summed E-state index contributed by atoms with van der Waals surface area (Å²) >= 11 is 0. The van der Waals surface area contributed by atoms with Crippen molar-refractivity contribution in [3.8, 4) is 22.6 Å². The van der Waals surface area contributed by atoms with Gasteiger partial charge in [-0.2, -0.15) is 0 Å². The number of aldehydes is 1. The van der Waals surface area contributed by atoms with Crippen molar-refractivity contribution in [3.05, 3.63) is 48.0 Å². The highest BCUT2D eigenvalue weighted by Crippen LogP contribution is 2.34. The molecule has 0 amide bonds. The summed E-state index contributed by atoms with van der Waals surface area (Å²) in [4.78, 5) is 10.6. The zero-order valence-electron chi connectivity index (χ0n) is 9.76. The first-order valence-electron chi connectivity index (χ1n) is 5.82. The van der Waals surface area contributed by atoms with E-state index in [1.54, 1.807) is 12.1 Å². The Bertz CT molecular complexity index is 573. The van der Waals surface area contributed by atoms with E-state index in [4.69, 9.17) is 9.47 Å². The van der Waals surface area contributed by atoms with Crippen molar-refractivity contribution in [1.82, 2.24) is 0 Å². The van der Waals surface area contributed by atoms with Gasteiger partial charge in [-0.05, 0) is 23.3 Å². The summed E-state index contributed by atoms with van der Waals surface area (Å²) in [6.45, 7) is 1.18. The van der Waals surface area contributed by atoms with Gasteiger partial charge in [-0.25, -0.2) is 0 Å². The van der Waals surface area contributed by atoms with Gasteiger partial charge in [0.2, 0.25) is 0 Å². The van der Waals surface area contributed by atoms with Crippen LogP contribution in [0.15, 0.2) is 42.5 Å². The molecule has 3 heteroatoms. The molecule has 1 aliphatic heterocycles. The molecule has 0 N–H and O–H groups in total. The summed E-state index contributed by atoms with van der Waals surface area (Å²) in [5.74, 6) is 1.56. The van der Waals surface area contributed by atoms with Crippen LogP contribution in [0.1, 0.15) is 10.4 Å². The van der Waals surface area contributed by atoms with Crippen LogP contribution >= 0.6 is 0 Å². The Balaban J connectivity index is 1.98. The van der Waals surface area contributed by atoms with Crippen molar-refractivity contribution in [2.75, 3.05) is 13.2 Å². The Hall–Kier alpha value is -2.29. The average molecular weight is 240 g/mol. The highest BCUT2D eigenvalue weighted by atomic mass is 16.6. The van der Waals surface area contributed by atoms with Gasteiger partial charge in [0, 0.05) is 5.56 Å². The first kappa shape index (κ1) is 10.8. The van der Waals surface area contributed by atoms with Gasteiger partial charge < -0.3 is 9.47 Å². The van der Waals surface area contributed by atoms with Crippen molar-refractivity contribution in [2.45, 2.75) is 0 Å². The Morgan fingerprint density at radius 1 is 0.833 bits per heavy atom. The maximum atomic E-state index is 10.6. The van der Waals surface area contributed by atoms with E-state index in [1.807, 2.05) is 30.3 Å². The lowest BCUT2D eigenvalue weighted by molar-refractivity contribution is 0.112. The Kier molecular flexibility index (Phi) is 2.73. The van der Waals surface area contributed by atoms with Crippen LogP contribution in [0.3, 0.4) is 0 Å². The van der Waals surface area contributed by atoms with E-state index in [0.29, 0.717) is 18.8 Å². The molecule has 1 heterocycles. The van der Waals surface area contributed by atoms with E-state index in [0.717, 1.165) is 28.9 Å². The lowest BCUT2D eigenvalue weighted by atomic mass is 10.0. The van der Waals surface area contributed by atoms with Gasteiger partial charge in [-0.3, -0.25) is 4.79 Å². The van der Waals surface area contributed by atoms with Gasteiger partial charge in [-0.1, -0.05) is 30.3 Å². The summed E-state index contributed by atoms with van der Waals surface area (Å²) in [5.41, 5.74) is 2.78. The van der Waals surface area contributed by atoms with E-state index < -0.39 is 0 Å². The van der Waals surface area contributed by atoms with Crippen LogP contribution in [-0.2, 0) is 0 Å². The summed E-state index contributed by atoms with van der Waals surface area (Å²) < 4.78 is 11.0. The Labute approximate surface area is 105 Å². The molecule has 18 heavy (non-hydrogen) atoms. The minimum Gasteiger partial charge on any atom is -0.486 e. The maximum Gasteiger partial charge on any atom is 0.161 e. The van der Waals surface area contributed by atoms with Crippen LogP contribution in [0.25, 0.3) is 11.1 Å². The normalized spacial score (nSPS) is 13.1. The molecule has 0 saturated carbocycles. The first-order chi connectivity index (χ1) is 8.86. The van der Waals surface area contributed by atoms with Gasteiger partial charge in [-0.15, -0.1) is 0 Å². The summed E-state index contributed by atoms with van der Waals surface area (Å²) in [6.07, 6.45) is 0.841. The highest BCUT2D eigenvalue weighted by molar-refractivity contribution is 5.77. The lowest BCUT2D eigenvalue weighted by Gasteiger charge is -2.18. The summed E-state index contributed by atoms with van der Waals surface area (Å²) in [5, 5.41) is 0. The molecule has 0 fully saturated rings. The molecule has 2 aromatic rings. The summed E-state index contributed by atoms with van der Waals surface area (Å²) in [6, 6.07) is 13.3. The summed E-state index contributed by atoms with van der Waals surface area (Å²) in [7, 11) is 0. The number of hydrogen-bond donors (Lipinski definition) is 0. The van der Waals surface area contributed by atoms with Crippen molar-refractivity contribution in [3.63, 3.8) is 0 Å². The monoisotopic (exact) mass is 240 g/mol. The molecular weight excluding hydrogens is 228 g/mol. The van der Waals surface area contributed by atoms with Gasteiger partial charge in [0.25, 0.3) is 0 Å². The smallest absolute Gasteiger partial charge is 0.161 e. The van der Waals surface area contributed by atoms with Crippen LogP contribution in [0, 0.1) is 0 Å². The maximum absolute atomic E-state index is 10.6. The Morgan fingerprint density at radius 2 is 1.50 bits per heavy atom. The van der Waals surface area contributed by atoms with Crippen LogP contribution in [0.4, 0.5) is 0 Å². The molecule has 90 valence electrons. The van der Waals surface area contributed by atoms with Gasteiger partial charge in [0.1, 0.15) is 19.5 Å². The van der Waals surface area contributed by atoms with Crippen molar-refractivity contribution in [1.29, 1.82) is 0 Å². The van der Waals surface area contributed by atoms with E-state index >= 15 is 0 Å². The van der Waals surface area contributed by atoms with Crippen molar-refractivity contribution in [2.24, 2.45) is 0 Å². The molecule has 3 nitrogen and oxygen atoms in total. The molecule has 0 unspecified atom stereocenters. The number of hydrogen-bond acceptors (Lipinski definition) is 3. The van der Waals surface area contributed by atoms with Gasteiger partial charge in [0.05, 0.1) is 0 Å². The number of carbonyl (C=O) groups excluding carboxylic acids is 1. The molecule has 3 rings (SSSR count). The number of rotatable bonds is 2. The number of fused-ring (bicyclic) bond motifs is 1. The van der Waals surface area contributed by atoms with Crippen molar-refractivity contribution >= 4 is 6.29 Å². The second-order valence-electron chi connectivity index (χ2n) is 4.10. The molecule has 0 aromatic heterocycles. The average Bonchev–Trinajstić information content (AvgIpc) is 2.47. The van der Waals surface area contributed by atoms with E-state index in [9.17, 15) is 4.79 Å². The van der Waals surface area contributed by atoms with Crippen LogP contribution in [0.5, 0.6) is 11.5 Å². The van der Waals surface area contributed by atoms with Gasteiger partial charge >= 0.3 is 0 Å². The fourth-order valence-corrected chi connectivity index (χ4v) is 1.98. The second kappa shape index (κ2) is 4.53. The fraction of sp³-hybridized carbons (Fsp3) is 0.133. The second-order valence-corrected chi connectivity index (χ2v) is 4.10. The third-order valence-corrected chi connectivity index (χ3v) is 2.92. The Morgan fingerprint density at radius 3 is 2.22 bits per heavy atom. The first-order valence-corrected chi connectivity index (χ1v) is 5.82. The topological polar surface area (TPSA) is 35.5 Å². The minimum atomic E-state index is 0.584. The third-order valence-electron chi connectivity index (χ3n) is 2.92. The SMILES string of the molecule is O=Cc1ccc(-c2ccc3c(c2)OCCO3)cc1. The largest absolute Gasteiger partial charge is 0.486 e. The number of benzene rings is 2. The molecule has 0 radical (unpaired) electrons. The predicted molar refractivity (Wildman–Crippen MR) is 68.3 cm³/mol. The van der Waals surface area contributed by atoms with Crippen molar-refractivity contribution < 1.29 is 14.3 Å². The molecule has 0 spiro atoms. The van der Waals surface area contributed by atoms with E-state index in [2.05, 4.69) is 0 Å². The van der Waals surface area contributed by atoms with Crippen LogP contribution in [-0.4, -0.2) is 19.5 Å². The molecule has 0 bridgehead atoms. The van der Waals surface area contributed by atoms with E-state index in [-0.39, 0.29) is 0 Å². The highest BCUT2D eigenvalue weighted by Gasteiger charge is 2.12. The standard InChI is InChI=1S/C15H12O3/c16-10-11-1-3-12(4-2-11)13-5-6-14-15(9-13)18-8-7-17-14/h1-6,9-10H,7-8H2. The fourth-order valence-electron chi connectivity index (χ4n) is 1.98. The molecule has 0 atom stereocenters. The molecule has 0 saturated heterocycles. The predicted octanol–water partition coefficient (Wildman–Crippen LogP) is 2.94. The van der Waals surface area contributed by atoms with Crippen LogP contribution < -0.4 is 9.47 Å². The quantitative estimate of drug-likeness (QED) is 0.757. The zero-order chi connectivity index (χ0) is 12.4. The molecule has 0 aliphatic carbocycles. The number of carbonyl (C=O) groups is 1. The number of ether oxygens (including phenoxy) is 2. The zero-order valence-corrected chi connectivity index (χ0v) is 9.76. The van der Waals surface area contributed by atoms with E-state index in [1.165, 1.54) is 0 Å².